The third-order valence-corrected chi connectivity index (χ3v) is 5.98. The monoisotopic (exact) mass is 382 g/mol. The number of carboxylic acid groups (broad SMARTS) is 1. The molecule has 0 aliphatic heterocycles. The van der Waals surface area contributed by atoms with E-state index in [0.29, 0.717) is 5.69 Å². The molecule has 3 rings (SSSR count). The average molecular weight is 382 g/mol. The number of nitrogens with one attached hydrogen (secondary N) is 1. The molecule has 1 aromatic heterocycles. The summed E-state index contributed by atoms with van der Waals surface area (Å²) in [5, 5.41) is 22.6. The fourth-order valence-electron chi connectivity index (χ4n) is 3.23. The topological polar surface area (TPSA) is 99.9 Å². The number of carbonyl (C=O) groups excluding carboxylic acids is 2. The number of nitrogens with zero attached hydrogens (tertiary/aromatic N) is 3. The summed E-state index contributed by atoms with van der Waals surface area (Å²) >= 11 is 1.47. The fourth-order valence-corrected chi connectivity index (χ4v) is 3.99. The molecular formula is C17H19N4NaO3S. The summed E-state index contributed by atoms with van der Waals surface area (Å²) in [6.45, 7) is 3.74. The van der Waals surface area contributed by atoms with Crippen molar-refractivity contribution in [3.63, 3.8) is 0 Å². The molecule has 1 aromatic carbocycles. The molecule has 4 atom stereocenters. The van der Waals surface area contributed by atoms with E-state index >= 15 is 0 Å². The minimum atomic E-state index is -1.15. The van der Waals surface area contributed by atoms with E-state index in [1.54, 1.807) is 18.5 Å². The quantitative estimate of drug-likeness (QED) is 0.611. The van der Waals surface area contributed by atoms with Gasteiger partial charge in [-0.1, -0.05) is 13.8 Å². The third kappa shape index (κ3) is 4.14. The van der Waals surface area contributed by atoms with Gasteiger partial charge < -0.3 is 19.8 Å². The van der Waals surface area contributed by atoms with Gasteiger partial charge in [0.25, 0.3) is 0 Å². The molecule has 1 N–H and O–H groups in total. The van der Waals surface area contributed by atoms with Crippen LogP contribution in [0.3, 0.4) is 0 Å². The van der Waals surface area contributed by atoms with Gasteiger partial charge in [-0.2, -0.15) is 0 Å². The van der Waals surface area contributed by atoms with Crippen LogP contribution in [0.25, 0.3) is 0 Å². The zero-order valence-corrected chi connectivity index (χ0v) is 18.0. The Morgan fingerprint density at radius 2 is 1.77 bits per heavy atom. The molecule has 1 fully saturated rings. The third-order valence-electron chi connectivity index (χ3n) is 4.92. The largest absolute Gasteiger partial charge is 1.00 e. The van der Waals surface area contributed by atoms with Crippen LogP contribution in [0.4, 0.5) is 5.69 Å². The SMILES string of the molecule is CC1C(C)[C@H](C(=O)Nc2ccc(Sc3nncn3C)cc2)[C@@H]1C(=O)[O-].[Na+]. The number of aliphatic carboxylic acids is 1. The maximum atomic E-state index is 12.4. The average Bonchev–Trinajstić information content (AvgIpc) is 2.97. The number of hydrogen-bond donors (Lipinski definition) is 1. The number of aromatic nitrogens is 3. The molecule has 0 spiro atoms. The van der Waals surface area contributed by atoms with Crippen molar-refractivity contribution in [2.75, 3.05) is 5.32 Å². The van der Waals surface area contributed by atoms with Crippen molar-refractivity contribution < 1.29 is 44.3 Å². The Bertz CT molecular complexity index is 796. The van der Waals surface area contributed by atoms with E-state index in [2.05, 4.69) is 15.5 Å². The van der Waals surface area contributed by atoms with Crippen molar-refractivity contribution in [1.82, 2.24) is 14.8 Å². The molecule has 0 bridgehead atoms. The first kappa shape index (κ1) is 21.0. The minimum absolute atomic E-state index is 0. The first-order valence-corrected chi connectivity index (χ1v) is 8.83. The first-order valence-electron chi connectivity index (χ1n) is 8.02. The molecule has 1 aliphatic carbocycles. The molecule has 1 aliphatic rings. The smallest absolute Gasteiger partial charge is 0.550 e. The molecule has 0 radical (unpaired) electrons. The summed E-state index contributed by atoms with van der Waals surface area (Å²) in [6, 6.07) is 7.32. The Kier molecular flexibility index (Phi) is 6.90. The Morgan fingerprint density at radius 3 is 2.31 bits per heavy atom. The maximum Gasteiger partial charge on any atom is 1.00 e. The summed E-state index contributed by atoms with van der Waals surface area (Å²) < 4.78 is 1.82. The van der Waals surface area contributed by atoms with Gasteiger partial charge in [0.1, 0.15) is 6.33 Å². The summed E-state index contributed by atoms with van der Waals surface area (Å²) in [6.07, 6.45) is 1.63. The van der Waals surface area contributed by atoms with Gasteiger partial charge in [-0.05, 0) is 47.9 Å². The molecule has 2 aromatic rings. The van der Waals surface area contributed by atoms with Crippen LogP contribution in [0.1, 0.15) is 13.8 Å². The number of aryl methyl sites for hydroxylation is 1. The predicted molar refractivity (Wildman–Crippen MR) is 90.5 cm³/mol. The maximum absolute atomic E-state index is 12.4. The number of carboxylic acids is 1. The van der Waals surface area contributed by atoms with E-state index in [-0.39, 0.29) is 47.3 Å². The van der Waals surface area contributed by atoms with Crippen LogP contribution >= 0.6 is 11.8 Å². The van der Waals surface area contributed by atoms with Gasteiger partial charge in [0.2, 0.25) is 5.91 Å². The summed E-state index contributed by atoms with van der Waals surface area (Å²) in [7, 11) is 1.87. The van der Waals surface area contributed by atoms with Crippen molar-refractivity contribution in [1.29, 1.82) is 0 Å². The van der Waals surface area contributed by atoms with Gasteiger partial charge in [-0.3, -0.25) is 4.79 Å². The van der Waals surface area contributed by atoms with Crippen LogP contribution in [0.5, 0.6) is 0 Å². The van der Waals surface area contributed by atoms with Gasteiger partial charge >= 0.3 is 29.6 Å². The Balaban J connectivity index is 0.00000243. The normalized spacial score (nSPS) is 24.3. The Morgan fingerprint density at radius 1 is 1.15 bits per heavy atom. The number of amides is 1. The zero-order valence-electron chi connectivity index (χ0n) is 15.2. The van der Waals surface area contributed by atoms with E-state index in [9.17, 15) is 14.7 Å². The van der Waals surface area contributed by atoms with Crippen LogP contribution < -0.4 is 40.0 Å². The number of anilines is 1. The number of hydrogen-bond acceptors (Lipinski definition) is 6. The van der Waals surface area contributed by atoms with Crippen molar-refractivity contribution >= 4 is 29.3 Å². The molecule has 7 nitrogen and oxygen atoms in total. The number of rotatable bonds is 5. The van der Waals surface area contributed by atoms with Crippen molar-refractivity contribution in [2.45, 2.75) is 23.9 Å². The van der Waals surface area contributed by atoms with Gasteiger partial charge in [0, 0.05) is 35.4 Å². The minimum Gasteiger partial charge on any atom is -0.550 e. The molecule has 1 saturated carbocycles. The molecule has 132 valence electrons. The summed E-state index contributed by atoms with van der Waals surface area (Å²) in [5.74, 6) is -2.72. The Labute approximate surface area is 178 Å². The molecule has 2 unspecified atom stereocenters. The zero-order chi connectivity index (χ0) is 18.1. The second kappa shape index (κ2) is 8.56. The van der Waals surface area contributed by atoms with Gasteiger partial charge in [0.15, 0.2) is 5.16 Å². The van der Waals surface area contributed by atoms with E-state index in [0.717, 1.165) is 10.1 Å². The molecule has 0 saturated heterocycles. The number of carbonyl (C=O) groups is 2. The van der Waals surface area contributed by atoms with E-state index in [1.807, 2.05) is 37.6 Å². The molecule has 1 heterocycles. The van der Waals surface area contributed by atoms with Gasteiger partial charge in [-0.15, -0.1) is 10.2 Å². The van der Waals surface area contributed by atoms with E-state index in [4.69, 9.17) is 0 Å². The van der Waals surface area contributed by atoms with Crippen molar-refractivity contribution in [3.8, 4) is 0 Å². The van der Waals surface area contributed by atoms with Crippen molar-refractivity contribution in [2.24, 2.45) is 30.7 Å². The summed E-state index contributed by atoms with van der Waals surface area (Å²) in [4.78, 5) is 24.6. The van der Waals surface area contributed by atoms with Gasteiger partial charge in [-0.25, -0.2) is 0 Å². The second-order valence-corrected chi connectivity index (χ2v) is 7.47. The molecule has 9 heteroatoms. The molecule has 26 heavy (non-hydrogen) atoms. The van der Waals surface area contributed by atoms with E-state index in [1.165, 1.54) is 11.8 Å². The van der Waals surface area contributed by atoms with Crippen LogP contribution in [0.2, 0.25) is 0 Å². The molecular weight excluding hydrogens is 363 g/mol. The van der Waals surface area contributed by atoms with Crippen LogP contribution in [-0.2, 0) is 16.6 Å². The Hall–Kier alpha value is -1.35. The van der Waals surface area contributed by atoms with E-state index < -0.39 is 17.8 Å². The summed E-state index contributed by atoms with van der Waals surface area (Å²) in [5.41, 5.74) is 0.635. The van der Waals surface area contributed by atoms with Crippen LogP contribution in [0, 0.1) is 23.7 Å². The second-order valence-electron chi connectivity index (χ2n) is 6.43. The van der Waals surface area contributed by atoms with Gasteiger partial charge in [0.05, 0.1) is 0 Å². The standard InChI is InChI=1S/C17H20N4O3S.Na/c1-9-10(2)14(16(23)24)13(9)15(22)19-11-4-6-12(7-5-11)25-17-20-18-8-21(17)3;/h4-10,13-14H,1-3H3,(H,19,22)(H,23,24);/q;+1/p-1/t9?,10?,13-,14+;/m0./s1. The van der Waals surface area contributed by atoms with Crippen LogP contribution in [-0.4, -0.2) is 26.6 Å². The predicted octanol–water partition coefficient (Wildman–Crippen LogP) is -1.82. The fraction of sp³-hybridized carbons (Fsp3) is 0.412. The number of benzene rings is 1. The first-order chi connectivity index (χ1) is 11.9. The molecule has 1 amide bonds. The van der Waals surface area contributed by atoms with Crippen molar-refractivity contribution in [3.05, 3.63) is 30.6 Å². The van der Waals surface area contributed by atoms with Crippen LogP contribution in [0.15, 0.2) is 40.6 Å².